The normalized spacial score (nSPS) is 26.2. The minimum absolute atomic E-state index is 0.537. The number of likely N-dealkylation sites (tertiary alicyclic amines) is 1. The summed E-state index contributed by atoms with van der Waals surface area (Å²) in [6.45, 7) is 10.5. The van der Waals surface area contributed by atoms with Crippen LogP contribution in [0.1, 0.15) is 40.0 Å². The molecule has 1 aliphatic rings. The van der Waals surface area contributed by atoms with Crippen molar-refractivity contribution in [3.63, 3.8) is 0 Å². The maximum atomic E-state index is 10.0. The summed E-state index contributed by atoms with van der Waals surface area (Å²) >= 11 is 0. The Morgan fingerprint density at radius 1 is 1.44 bits per heavy atom. The molecule has 16 heavy (non-hydrogen) atoms. The zero-order chi connectivity index (χ0) is 12.2. The number of hydrogen-bond acceptors (Lipinski definition) is 3. The molecule has 0 bridgehead atoms. The van der Waals surface area contributed by atoms with Crippen molar-refractivity contribution in [3.05, 3.63) is 0 Å². The van der Waals surface area contributed by atoms with Crippen LogP contribution in [0.5, 0.6) is 0 Å². The molecular weight excluding hydrogens is 200 g/mol. The first-order valence-electron chi connectivity index (χ1n) is 6.63. The maximum Gasteiger partial charge on any atom is 0.0743 e. The summed E-state index contributed by atoms with van der Waals surface area (Å²) < 4.78 is 0. The molecule has 0 aromatic carbocycles. The van der Waals surface area contributed by atoms with Gasteiger partial charge in [-0.1, -0.05) is 13.8 Å². The Morgan fingerprint density at radius 3 is 2.69 bits per heavy atom. The third kappa shape index (κ3) is 4.04. The Balaban J connectivity index is 2.36. The lowest BCUT2D eigenvalue weighted by Gasteiger charge is -2.32. The second kappa shape index (κ2) is 5.99. The molecule has 0 saturated carbocycles. The fourth-order valence-corrected chi connectivity index (χ4v) is 2.64. The zero-order valence-electron chi connectivity index (χ0n) is 11.4. The monoisotopic (exact) mass is 228 g/mol. The van der Waals surface area contributed by atoms with Gasteiger partial charge in [0, 0.05) is 19.1 Å². The average Bonchev–Trinajstić information content (AvgIpc) is 2.64. The van der Waals surface area contributed by atoms with Crippen LogP contribution in [0.3, 0.4) is 0 Å². The maximum absolute atomic E-state index is 10.0. The highest BCUT2D eigenvalue weighted by Gasteiger charge is 2.26. The van der Waals surface area contributed by atoms with Gasteiger partial charge in [0.15, 0.2) is 0 Å². The van der Waals surface area contributed by atoms with Gasteiger partial charge in [-0.15, -0.1) is 0 Å². The molecule has 0 aromatic rings. The second-order valence-electron chi connectivity index (χ2n) is 5.47. The Morgan fingerprint density at radius 2 is 2.12 bits per heavy atom. The third-order valence-corrected chi connectivity index (χ3v) is 3.80. The summed E-state index contributed by atoms with van der Waals surface area (Å²) in [5.41, 5.74) is -0.537. The van der Waals surface area contributed by atoms with E-state index in [2.05, 4.69) is 23.8 Å². The minimum atomic E-state index is -0.537. The number of hydrogen-bond donors (Lipinski definition) is 1. The van der Waals surface area contributed by atoms with Crippen LogP contribution < -0.4 is 0 Å². The highest BCUT2D eigenvalue weighted by molar-refractivity contribution is 4.83. The van der Waals surface area contributed by atoms with Gasteiger partial charge in [0.1, 0.15) is 0 Å². The lowest BCUT2D eigenvalue weighted by atomic mass is 10.0. The first-order valence-corrected chi connectivity index (χ1v) is 6.63. The Labute approximate surface area is 100 Å². The van der Waals surface area contributed by atoms with Gasteiger partial charge < -0.3 is 10.0 Å². The molecule has 1 heterocycles. The van der Waals surface area contributed by atoms with Crippen molar-refractivity contribution in [3.8, 4) is 0 Å². The summed E-state index contributed by atoms with van der Waals surface area (Å²) in [5, 5.41) is 10.0. The van der Waals surface area contributed by atoms with Crippen molar-refractivity contribution in [2.24, 2.45) is 0 Å². The number of nitrogens with zero attached hydrogens (tertiary/aromatic N) is 2. The van der Waals surface area contributed by atoms with Crippen LogP contribution in [-0.2, 0) is 0 Å². The zero-order valence-corrected chi connectivity index (χ0v) is 11.4. The fourth-order valence-electron chi connectivity index (χ4n) is 2.64. The molecular formula is C13H28N2O. The SMILES string of the molecule is CCN1CCCC1CN(C)CC(C)(O)CC. The summed E-state index contributed by atoms with van der Waals surface area (Å²) in [7, 11) is 2.12. The van der Waals surface area contributed by atoms with Crippen molar-refractivity contribution < 1.29 is 5.11 Å². The van der Waals surface area contributed by atoms with E-state index in [0.29, 0.717) is 6.04 Å². The number of likely N-dealkylation sites (N-methyl/N-ethyl adjacent to an activating group) is 2. The van der Waals surface area contributed by atoms with Crippen molar-refractivity contribution in [1.82, 2.24) is 9.80 Å². The molecule has 96 valence electrons. The smallest absolute Gasteiger partial charge is 0.0743 e. The van der Waals surface area contributed by atoms with Gasteiger partial charge in [0.25, 0.3) is 0 Å². The van der Waals surface area contributed by atoms with Gasteiger partial charge in [-0.3, -0.25) is 4.90 Å². The highest BCUT2D eigenvalue weighted by Crippen LogP contribution is 2.18. The molecule has 2 atom stereocenters. The molecule has 3 heteroatoms. The summed E-state index contributed by atoms with van der Waals surface area (Å²) in [4.78, 5) is 4.83. The van der Waals surface area contributed by atoms with Crippen LogP contribution >= 0.6 is 0 Å². The average molecular weight is 228 g/mol. The molecule has 1 rings (SSSR count). The fraction of sp³-hybridized carbons (Fsp3) is 1.00. The molecule has 1 aliphatic heterocycles. The van der Waals surface area contributed by atoms with Gasteiger partial charge >= 0.3 is 0 Å². The first kappa shape index (κ1) is 13.9. The number of rotatable bonds is 6. The van der Waals surface area contributed by atoms with Crippen molar-refractivity contribution >= 4 is 0 Å². The Hall–Kier alpha value is -0.120. The molecule has 1 N–H and O–H groups in total. The molecule has 1 saturated heterocycles. The summed E-state index contributed by atoms with van der Waals surface area (Å²) in [5.74, 6) is 0. The van der Waals surface area contributed by atoms with E-state index in [4.69, 9.17) is 0 Å². The molecule has 0 aromatic heterocycles. The Kier molecular flexibility index (Phi) is 5.22. The molecule has 0 amide bonds. The van der Waals surface area contributed by atoms with E-state index in [1.54, 1.807) is 0 Å². The van der Waals surface area contributed by atoms with Crippen molar-refractivity contribution in [2.75, 3.05) is 33.2 Å². The Bertz CT molecular complexity index is 206. The van der Waals surface area contributed by atoms with Gasteiger partial charge in [-0.2, -0.15) is 0 Å². The topological polar surface area (TPSA) is 26.7 Å². The molecule has 2 unspecified atom stereocenters. The molecule has 0 aliphatic carbocycles. The van der Waals surface area contributed by atoms with Crippen molar-refractivity contribution in [1.29, 1.82) is 0 Å². The third-order valence-electron chi connectivity index (χ3n) is 3.80. The van der Waals surface area contributed by atoms with E-state index in [-0.39, 0.29) is 0 Å². The van der Waals surface area contributed by atoms with Crippen molar-refractivity contribution in [2.45, 2.75) is 51.7 Å². The van der Waals surface area contributed by atoms with E-state index in [9.17, 15) is 5.11 Å². The van der Waals surface area contributed by atoms with Crippen LogP contribution in [0.15, 0.2) is 0 Å². The molecule has 1 fully saturated rings. The first-order chi connectivity index (χ1) is 7.48. The quantitative estimate of drug-likeness (QED) is 0.747. The van der Waals surface area contributed by atoms with Crippen LogP contribution in [0.25, 0.3) is 0 Å². The van der Waals surface area contributed by atoms with Crippen LogP contribution in [0.2, 0.25) is 0 Å². The van der Waals surface area contributed by atoms with E-state index in [1.165, 1.54) is 19.4 Å². The summed E-state index contributed by atoms with van der Waals surface area (Å²) in [6, 6.07) is 0.697. The summed E-state index contributed by atoms with van der Waals surface area (Å²) in [6.07, 6.45) is 3.46. The lowest BCUT2D eigenvalue weighted by molar-refractivity contribution is 0.0183. The van der Waals surface area contributed by atoms with Crippen LogP contribution in [0.4, 0.5) is 0 Å². The largest absolute Gasteiger partial charge is 0.389 e. The predicted molar refractivity (Wildman–Crippen MR) is 68.7 cm³/mol. The number of aliphatic hydroxyl groups is 1. The standard InChI is InChI=1S/C13H28N2O/c1-5-13(3,16)11-14(4)10-12-8-7-9-15(12)6-2/h12,16H,5-11H2,1-4H3. The molecule has 0 radical (unpaired) electrons. The van der Waals surface area contributed by atoms with E-state index in [0.717, 1.165) is 26.1 Å². The molecule has 3 nitrogen and oxygen atoms in total. The van der Waals surface area contributed by atoms with E-state index in [1.807, 2.05) is 13.8 Å². The molecule has 0 spiro atoms. The lowest BCUT2D eigenvalue weighted by Crippen LogP contribution is -2.44. The van der Waals surface area contributed by atoms with Crippen LogP contribution in [-0.4, -0.2) is 59.8 Å². The predicted octanol–water partition coefficient (Wildman–Crippen LogP) is 1.56. The van der Waals surface area contributed by atoms with Gasteiger partial charge in [0.2, 0.25) is 0 Å². The minimum Gasteiger partial charge on any atom is -0.389 e. The second-order valence-corrected chi connectivity index (χ2v) is 5.47. The van der Waals surface area contributed by atoms with Crippen LogP contribution in [0, 0.1) is 0 Å². The van der Waals surface area contributed by atoms with E-state index >= 15 is 0 Å². The van der Waals surface area contributed by atoms with Gasteiger partial charge in [-0.25, -0.2) is 0 Å². The van der Waals surface area contributed by atoms with Gasteiger partial charge in [-0.05, 0) is 46.3 Å². The van der Waals surface area contributed by atoms with E-state index < -0.39 is 5.60 Å². The van der Waals surface area contributed by atoms with Gasteiger partial charge in [0.05, 0.1) is 5.60 Å². The highest BCUT2D eigenvalue weighted by atomic mass is 16.3.